The Labute approximate surface area is 169 Å². The quantitative estimate of drug-likeness (QED) is 0.459. The fourth-order valence-corrected chi connectivity index (χ4v) is 3.65. The molecule has 0 spiro atoms. The van der Waals surface area contributed by atoms with Crippen LogP contribution in [0.15, 0.2) is 47.0 Å². The van der Waals surface area contributed by atoms with Crippen molar-refractivity contribution in [1.29, 1.82) is 0 Å². The van der Waals surface area contributed by atoms with E-state index >= 15 is 0 Å². The average Bonchev–Trinajstić information content (AvgIpc) is 3.04. The molecule has 0 saturated carbocycles. The van der Waals surface area contributed by atoms with Crippen molar-refractivity contribution >= 4 is 33.5 Å². The van der Waals surface area contributed by atoms with Gasteiger partial charge in [0.2, 0.25) is 0 Å². The van der Waals surface area contributed by atoms with Gasteiger partial charge >= 0.3 is 0 Å². The second-order valence-corrected chi connectivity index (χ2v) is 7.33. The third-order valence-electron chi connectivity index (χ3n) is 5.02. The monoisotopic (exact) mass is 388 g/mol. The lowest BCUT2D eigenvalue weighted by molar-refractivity contribution is 0.0998. The van der Waals surface area contributed by atoms with Crippen LogP contribution in [0.2, 0.25) is 0 Å². The molecule has 2 heterocycles. The molecule has 0 bridgehead atoms. The molecular formula is C24H24N2O3. The Balaban J connectivity index is 1.72. The molecule has 0 radical (unpaired) electrons. The Morgan fingerprint density at radius 1 is 1.14 bits per heavy atom. The number of hydrogen-bond donors (Lipinski definition) is 1. The fourth-order valence-electron chi connectivity index (χ4n) is 3.65. The molecule has 1 N–H and O–H groups in total. The van der Waals surface area contributed by atoms with Crippen LogP contribution < -0.4 is 10.1 Å². The number of benzene rings is 2. The number of aryl methyl sites for hydroxylation is 3. The third-order valence-corrected chi connectivity index (χ3v) is 5.02. The van der Waals surface area contributed by atoms with Crippen LogP contribution in [0.5, 0.6) is 5.75 Å². The molecule has 1 amide bonds. The number of rotatable bonds is 5. The molecule has 0 unspecified atom stereocenters. The van der Waals surface area contributed by atoms with Gasteiger partial charge in [-0.25, -0.2) is 0 Å². The number of furan rings is 1. The van der Waals surface area contributed by atoms with Crippen molar-refractivity contribution in [3.8, 4) is 5.75 Å². The first-order valence-corrected chi connectivity index (χ1v) is 9.81. The van der Waals surface area contributed by atoms with Crippen LogP contribution in [0.25, 0.3) is 21.9 Å². The summed E-state index contributed by atoms with van der Waals surface area (Å²) >= 11 is 0. The summed E-state index contributed by atoms with van der Waals surface area (Å²) in [6.07, 6.45) is 2.64. The molecule has 5 heteroatoms. The molecule has 0 aliphatic carbocycles. The highest BCUT2D eigenvalue weighted by Gasteiger charge is 2.20. The van der Waals surface area contributed by atoms with E-state index in [0.29, 0.717) is 23.8 Å². The van der Waals surface area contributed by atoms with Crippen LogP contribution in [0.1, 0.15) is 40.6 Å². The van der Waals surface area contributed by atoms with E-state index < -0.39 is 0 Å². The molecule has 4 rings (SSSR count). The summed E-state index contributed by atoms with van der Waals surface area (Å²) in [7, 11) is 0. The zero-order valence-electron chi connectivity index (χ0n) is 17.1. The summed E-state index contributed by atoms with van der Waals surface area (Å²) < 4.78 is 11.8. The number of pyridine rings is 1. The van der Waals surface area contributed by atoms with Crippen LogP contribution in [0, 0.1) is 20.8 Å². The number of fused-ring (bicyclic) bond motifs is 2. The number of nitrogens with zero attached hydrogens (tertiary/aromatic N) is 1. The van der Waals surface area contributed by atoms with Gasteiger partial charge in [0.15, 0.2) is 5.76 Å². The van der Waals surface area contributed by atoms with Gasteiger partial charge < -0.3 is 14.5 Å². The van der Waals surface area contributed by atoms with Crippen LogP contribution >= 0.6 is 0 Å². The van der Waals surface area contributed by atoms with Crippen molar-refractivity contribution < 1.29 is 13.9 Å². The predicted molar refractivity (Wildman–Crippen MR) is 116 cm³/mol. The zero-order valence-corrected chi connectivity index (χ0v) is 17.1. The van der Waals surface area contributed by atoms with E-state index in [1.54, 1.807) is 6.20 Å². The predicted octanol–water partition coefficient (Wildman–Crippen LogP) is 5.95. The van der Waals surface area contributed by atoms with Crippen LogP contribution in [-0.4, -0.2) is 17.5 Å². The maximum atomic E-state index is 13.0. The summed E-state index contributed by atoms with van der Waals surface area (Å²) in [6, 6.07) is 11.6. The second kappa shape index (κ2) is 7.59. The molecule has 2 aromatic heterocycles. The van der Waals surface area contributed by atoms with Gasteiger partial charge in [-0.3, -0.25) is 9.78 Å². The Kier molecular flexibility index (Phi) is 4.97. The Morgan fingerprint density at radius 2 is 1.97 bits per heavy atom. The topological polar surface area (TPSA) is 64.4 Å². The summed E-state index contributed by atoms with van der Waals surface area (Å²) in [5.74, 6) is 0.770. The maximum Gasteiger partial charge on any atom is 0.291 e. The largest absolute Gasteiger partial charge is 0.491 e. The summed E-state index contributed by atoms with van der Waals surface area (Å²) in [6.45, 7) is 8.63. The molecule has 0 saturated heterocycles. The van der Waals surface area contributed by atoms with Gasteiger partial charge in [0, 0.05) is 22.5 Å². The first-order valence-electron chi connectivity index (χ1n) is 9.81. The van der Waals surface area contributed by atoms with Crippen molar-refractivity contribution in [1.82, 2.24) is 4.98 Å². The van der Waals surface area contributed by atoms with Crippen molar-refractivity contribution in [3.63, 3.8) is 0 Å². The molecule has 148 valence electrons. The van der Waals surface area contributed by atoms with E-state index in [4.69, 9.17) is 9.15 Å². The molecule has 0 aliphatic rings. The van der Waals surface area contributed by atoms with Crippen molar-refractivity contribution in [3.05, 3.63) is 65.0 Å². The van der Waals surface area contributed by atoms with Crippen LogP contribution in [0.3, 0.4) is 0 Å². The number of hydrogen-bond acceptors (Lipinski definition) is 4. The summed E-state index contributed by atoms with van der Waals surface area (Å²) in [5.41, 5.74) is 5.17. The van der Waals surface area contributed by atoms with Gasteiger partial charge in [0.25, 0.3) is 5.91 Å². The highest BCUT2D eigenvalue weighted by molar-refractivity contribution is 6.10. The standard InChI is InChI=1S/C24H24N2O3/c1-5-11-28-20-9-8-19(17-7-6-10-25-21(17)20)26-24(27)23-16(4)18-13-14(2)12-15(3)22(18)29-23/h6-10,12-13H,5,11H2,1-4H3,(H,26,27). The fraction of sp³-hybridized carbons (Fsp3) is 0.250. The van der Waals surface area contributed by atoms with E-state index in [1.807, 2.05) is 45.0 Å². The molecule has 0 atom stereocenters. The van der Waals surface area contributed by atoms with Crippen molar-refractivity contribution in [2.24, 2.45) is 0 Å². The molecular weight excluding hydrogens is 364 g/mol. The third kappa shape index (κ3) is 3.44. The minimum Gasteiger partial charge on any atom is -0.491 e. The number of carbonyl (C=O) groups excluding carboxylic acids is 1. The van der Waals surface area contributed by atoms with Gasteiger partial charge in [-0.15, -0.1) is 0 Å². The van der Waals surface area contributed by atoms with Gasteiger partial charge in [0.1, 0.15) is 16.8 Å². The van der Waals surface area contributed by atoms with Gasteiger partial charge in [-0.1, -0.05) is 13.0 Å². The Morgan fingerprint density at radius 3 is 2.76 bits per heavy atom. The molecule has 2 aromatic carbocycles. The minimum absolute atomic E-state index is 0.275. The smallest absolute Gasteiger partial charge is 0.291 e. The van der Waals surface area contributed by atoms with Gasteiger partial charge in [0.05, 0.1) is 12.3 Å². The SMILES string of the molecule is CCCOc1ccc(NC(=O)c2oc3c(C)cc(C)cc3c2C)c2cccnc12. The maximum absolute atomic E-state index is 13.0. The lowest BCUT2D eigenvalue weighted by Gasteiger charge is -2.12. The normalized spacial score (nSPS) is 11.2. The lowest BCUT2D eigenvalue weighted by atomic mass is 10.1. The molecule has 4 aromatic rings. The minimum atomic E-state index is -0.275. The van der Waals surface area contributed by atoms with Gasteiger partial charge in [-0.05, 0) is 68.7 Å². The number of ether oxygens (including phenoxy) is 1. The van der Waals surface area contributed by atoms with Crippen molar-refractivity contribution in [2.45, 2.75) is 34.1 Å². The first-order chi connectivity index (χ1) is 14.0. The van der Waals surface area contributed by atoms with Crippen molar-refractivity contribution in [2.75, 3.05) is 11.9 Å². The molecule has 0 fully saturated rings. The van der Waals surface area contributed by atoms with E-state index in [9.17, 15) is 4.79 Å². The number of aromatic nitrogens is 1. The van der Waals surface area contributed by atoms with Gasteiger partial charge in [-0.2, -0.15) is 0 Å². The molecule has 29 heavy (non-hydrogen) atoms. The van der Waals surface area contributed by atoms with E-state index in [2.05, 4.69) is 29.4 Å². The van der Waals surface area contributed by atoms with E-state index in [1.165, 1.54) is 0 Å². The Hall–Kier alpha value is -3.34. The zero-order chi connectivity index (χ0) is 20.5. The molecule has 0 aliphatic heterocycles. The van der Waals surface area contributed by atoms with Crippen LogP contribution in [0.4, 0.5) is 5.69 Å². The number of carbonyl (C=O) groups is 1. The van der Waals surface area contributed by atoms with E-state index in [0.717, 1.165) is 45.0 Å². The Bertz CT molecular complexity index is 1220. The van der Waals surface area contributed by atoms with E-state index in [-0.39, 0.29) is 5.91 Å². The highest BCUT2D eigenvalue weighted by atomic mass is 16.5. The summed E-state index contributed by atoms with van der Waals surface area (Å²) in [4.78, 5) is 17.5. The highest BCUT2D eigenvalue weighted by Crippen LogP contribution is 2.32. The lowest BCUT2D eigenvalue weighted by Crippen LogP contribution is -2.12. The number of anilines is 1. The first kappa shape index (κ1) is 19.0. The second-order valence-electron chi connectivity index (χ2n) is 7.33. The molecule has 5 nitrogen and oxygen atoms in total. The number of amides is 1. The van der Waals surface area contributed by atoms with Crippen LogP contribution in [-0.2, 0) is 0 Å². The average molecular weight is 388 g/mol. The summed E-state index contributed by atoms with van der Waals surface area (Å²) in [5, 5.41) is 4.80. The number of nitrogens with one attached hydrogen (secondary N) is 1.